The molecule has 0 spiro atoms. The third-order valence-corrected chi connectivity index (χ3v) is 2.80. The van der Waals surface area contributed by atoms with E-state index >= 15 is 0 Å². The third-order valence-electron chi connectivity index (χ3n) is 2.24. The summed E-state index contributed by atoms with van der Waals surface area (Å²) in [5.74, 6) is 1.10. The van der Waals surface area contributed by atoms with Gasteiger partial charge in [-0.1, -0.05) is 28.1 Å². The number of nitrogens with one attached hydrogen (secondary N) is 1. The molecule has 0 aliphatic carbocycles. The topological polar surface area (TPSA) is 28.7 Å². The van der Waals surface area contributed by atoms with Crippen molar-refractivity contribution >= 4 is 27.0 Å². The Balaban J connectivity index is 2.11. The number of alkyl halides is 1. The highest BCUT2D eigenvalue weighted by Gasteiger charge is 2.00. The van der Waals surface area contributed by atoms with Crippen LogP contribution in [0, 0.1) is 0 Å². The predicted molar refractivity (Wildman–Crippen MR) is 62.8 cm³/mol. The lowest BCUT2D eigenvalue weighted by Crippen LogP contribution is -1.88. The lowest BCUT2D eigenvalue weighted by molar-refractivity contribution is 0.774. The van der Waals surface area contributed by atoms with Crippen molar-refractivity contribution in [1.29, 1.82) is 0 Å². The molecule has 1 heterocycles. The summed E-state index contributed by atoms with van der Waals surface area (Å²) >= 11 is 3.43. The van der Waals surface area contributed by atoms with Crippen LogP contribution in [0.15, 0.2) is 24.3 Å². The van der Waals surface area contributed by atoms with Crippen LogP contribution in [0.1, 0.15) is 18.7 Å². The number of hydrogen-bond acceptors (Lipinski definition) is 1. The van der Waals surface area contributed by atoms with Crippen LogP contribution in [0.25, 0.3) is 11.0 Å². The van der Waals surface area contributed by atoms with Crippen LogP contribution in [0.3, 0.4) is 0 Å². The van der Waals surface area contributed by atoms with Crippen molar-refractivity contribution in [2.24, 2.45) is 0 Å². The minimum atomic E-state index is 1.04. The molecule has 0 atom stereocenters. The molecule has 3 heteroatoms. The van der Waals surface area contributed by atoms with E-state index in [0.29, 0.717) is 0 Å². The van der Waals surface area contributed by atoms with E-state index in [9.17, 15) is 0 Å². The van der Waals surface area contributed by atoms with E-state index in [0.717, 1.165) is 28.6 Å². The van der Waals surface area contributed by atoms with Crippen LogP contribution in [-0.4, -0.2) is 15.3 Å². The summed E-state index contributed by atoms with van der Waals surface area (Å²) in [7, 11) is 0. The van der Waals surface area contributed by atoms with E-state index in [-0.39, 0.29) is 0 Å². The lowest BCUT2D eigenvalue weighted by Gasteiger charge is -1.93. The second-order valence-corrected chi connectivity index (χ2v) is 4.14. The number of imidazole rings is 1. The molecular weight excluding hydrogens is 240 g/mol. The van der Waals surface area contributed by atoms with Crippen LogP contribution >= 0.6 is 15.9 Å². The number of benzene rings is 1. The van der Waals surface area contributed by atoms with Gasteiger partial charge in [0.25, 0.3) is 0 Å². The van der Waals surface area contributed by atoms with Gasteiger partial charge < -0.3 is 4.98 Å². The average molecular weight is 253 g/mol. The monoisotopic (exact) mass is 252 g/mol. The molecule has 0 aliphatic heterocycles. The summed E-state index contributed by atoms with van der Waals surface area (Å²) in [5, 5.41) is 1.08. The second-order valence-electron chi connectivity index (χ2n) is 3.35. The first kappa shape index (κ1) is 9.71. The molecule has 2 nitrogen and oxygen atoms in total. The second kappa shape index (κ2) is 4.60. The fraction of sp³-hybridized carbons (Fsp3) is 0.364. The molecule has 1 aromatic carbocycles. The Morgan fingerprint density at radius 2 is 2.07 bits per heavy atom. The molecular formula is C11H13BrN2. The number of nitrogens with zero attached hydrogens (tertiary/aromatic N) is 1. The number of para-hydroxylation sites is 2. The van der Waals surface area contributed by atoms with Gasteiger partial charge in [0.15, 0.2) is 0 Å². The van der Waals surface area contributed by atoms with E-state index in [1.807, 2.05) is 18.2 Å². The Morgan fingerprint density at radius 3 is 2.86 bits per heavy atom. The molecule has 14 heavy (non-hydrogen) atoms. The Labute approximate surface area is 91.9 Å². The summed E-state index contributed by atoms with van der Waals surface area (Å²) in [6.45, 7) is 0. The van der Waals surface area contributed by atoms with E-state index in [4.69, 9.17) is 0 Å². The van der Waals surface area contributed by atoms with Gasteiger partial charge in [-0.15, -0.1) is 0 Å². The van der Waals surface area contributed by atoms with Gasteiger partial charge in [-0.25, -0.2) is 4.98 Å². The molecule has 1 N–H and O–H groups in total. The molecule has 0 unspecified atom stereocenters. The molecule has 0 saturated carbocycles. The Bertz CT molecular complexity index is 375. The first-order chi connectivity index (χ1) is 6.90. The van der Waals surface area contributed by atoms with E-state index in [1.54, 1.807) is 0 Å². The molecule has 74 valence electrons. The normalized spacial score (nSPS) is 10.9. The summed E-state index contributed by atoms with van der Waals surface area (Å²) in [5.41, 5.74) is 2.21. The molecule has 1 aromatic heterocycles. The van der Waals surface area contributed by atoms with E-state index in [1.165, 1.54) is 12.8 Å². The van der Waals surface area contributed by atoms with Crippen molar-refractivity contribution in [2.45, 2.75) is 19.3 Å². The van der Waals surface area contributed by atoms with Crippen LogP contribution in [0.4, 0.5) is 0 Å². The Morgan fingerprint density at radius 1 is 1.21 bits per heavy atom. The van der Waals surface area contributed by atoms with Crippen molar-refractivity contribution in [1.82, 2.24) is 9.97 Å². The average Bonchev–Trinajstić information content (AvgIpc) is 2.60. The van der Waals surface area contributed by atoms with Crippen LogP contribution in [0.5, 0.6) is 0 Å². The van der Waals surface area contributed by atoms with Crippen molar-refractivity contribution < 1.29 is 0 Å². The quantitative estimate of drug-likeness (QED) is 0.657. The van der Waals surface area contributed by atoms with Gasteiger partial charge in [0.05, 0.1) is 11.0 Å². The van der Waals surface area contributed by atoms with Crippen molar-refractivity contribution in [2.75, 3.05) is 5.33 Å². The molecule has 0 radical (unpaired) electrons. The molecule has 0 fully saturated rings. The molecule has 0 aliphatic rings. The van der Waals surface area contributed by atoms with E-state index < -0.39 is 0 Å². The molecule has 0 bridgehead atoms. The van der Waals surface area contributed by atoms with Gasteiger partial charge in [0, 0.05) is 11.8 Å². The maximum absolute atomic E-state index is 4.51. The first-order valence-corrected chi connectivity index (χ1v) is 6.02. The number of H-pyrrole nitrogens is 1. The van der Waals surface area contributed by atoms with E-state index in [2.05, 4.69) is 32.0 Å². The standard InChI is InChI=1S/C11H13BrN2/c12-8-4-3-7-11-13-9-5-1-2-6-10(9)14-11/h1-2,5-6H,3-4,7-8H2,(H,13,14). The molecule has 0 saturated heterocycles. The number of aryl methyl sites for hydroxylation is 1. The predicted octanol–water partition coefficient (Wildman–Crippen LogP) is 3.28. The van der Waals surface area contributed by atoms with Gasteiger partial charge in [0.2, 0.25) is 0 Å². The number of rotatable bonds is 4. The van der Waals surface area contributed by atoms with Crippen molar-refractivity contribution in [3.63, 3.8) is 0 Å². The maximum atomic E-state index is 4.51. The number of unbranched alkanes of at least 4 members (excludes halogenated alkanes) is 1. The number of fused-ring (bicyclic) bond motifs is 1. The number of hydrogen-bond donors (Lipinski definition) is 1. The highest BCUT2D eigenvalue weighted by Crippen LogP contribution is 2.11. The Kier molecular flexibility index (Phi) is 3.19. The molecule has 2 rings (SSSR count). The summed E-state index contributed by atoms with van der Waals surface area (Å²) in [6.07, 6.45) is 3.43. The number of aromatic nitrogens is 2. The van der Waals surface area contributed by atoms with Gasteiger partial charge in [-0.05, 0) is 25.0 Å². The summed E-state index contributed by atoms with van der Waals surface area (Å²) in [4.78, 5) is 7.84. The summed E-state index contributed by atoms with van der Waals surface area (Å²) in [6, 6.07) is 8.16. The van der Waals surface area contributed by atoms with Crippen molar-refractivity contribution in [3.8, 4) is 0 Å². The Hall–Kier alpha value is -0.830. The third kappa shape index (κ3) is 2.15. The molecule has 2 aromatic rings. The minimum absolute atomic E-state index is 1.04. The van der Waals surface area contributed by atoms with Gasteiger partial charge in [-0.2, -0.15) is 0 Å². The lowest BCUT2D eigenvalue weighted by atomic mass is 10.2. The highest BCUT2D eigenvalue weighted by molar-refractivity contribution is 9.09. The van der Waals surface area contributed by atoms with Gasteiger partial charge in [0.1, 0.15) is 5.82 Å². The SMILES string of the molecule is BrCCCCc1nc2ccccc2[nH]1. The number of aromatic amines is 1. The fourth-order valence-corrected chi connectivity index (χ4v) is 1.91. The van der Waals surface area contributed by atoms with Gasteiger partial charge in [-0.3, -0.25) is 0 Å². The first-order valence-electron chi connectivity index (χ1n) is 4.90. The number of halogens is 1. The minimum Gasteiger partial charge on any atom is -0.342 e. The maximum Gasteiger partial charge on any atom is 0.107 e. The van der Waals surface area contributed by atoms with Crippen LogP contribution in [0.2, 0.25) is 0 Å². The summed E-state index contributed by atoms with van der Waals surface area (Å²) < 4.78 is 0. The van der Waals surface area contributed by atoms with Crippen LogP contribution in [-0.2, 0) is 6.42 Å². The largest absolute Gasteiger partial charge is 0.342 e. The smallest absolute Gasteiger partial charge is 0.107 e. The highest BCUT2D eigenvalue weighted by atomic mass is 79.9. The zero-order valence-corrected chi connectivity index (χ0v) is 9.55. The zero-order valence-electron chi connectivity index (χ0n) is 7.96. The van der Waals surface area contributed by atoms with Crippen molar-refractivity contribution in [3.05, 3.63) is 30.1 Å². The van der Waals surface area contributed by atoms with Gasteiger partial charge >= 0.3 is 0 Å². The van der Waals surface area contributed by atoms with Crippen LogP contribution < -0.4 is 0 Å². The fourth-order valence-electron chi connectivity index (χ4n) is 1.51. The zero-order chi connectivity index (χ0) is 9.80. The molecule has 0 amide bonds.